The van der Waals surface area contributed by atoms with Crippen LogP contribution in [0.15, 0.2) is 60.7 Å². The van der Waals surface area contributed by atoms with E-state index in [1.54, 1.807) is 7.85 Å². The molecule has 0 amide bonds. The quantitative estimate of drug-likeness (QED) is 0.260. The van der Waals surface area contributed by atoms with Crippen molar-refractivity contribution in [1.82, 2.24) is 0 Å². The fraction of sp³-hybridized carbons (Fsp3) is 0.231. The topological polar surface area (TPSA) is 27.7 Å². The molecule has 0 atom stereocenters. The lowest BCUT2D eigenvalue weighted by Gasteiger charge is -2.28. The molecule has 1 saturated heterocycles. The highest BCUT2D eigenvalue weighted by molar-refractivity contribution is 6.08. The van der Waals surface area contributed by atoms with Gasteiger partial charge in [-0.15, -0.1) is 0 Å². The highest BCUT2D eigenvalue weighted by Gasteiger charge is 2.27. The van der Waals surface area contributed by atoms with Gasteiger partial charge in [0.1, 0.15) is 0 Å². The Hall–Kier alpha value is -3.10. The number of benzene rings is 3. The van der Waals surface area contributed by atoms with E-state index in [4.69, 9.17) is 14.2 Å². The normalized spacial score (nSPS) is 18.4. The first-order chi connectivity index (χ1) is 16.4. The highest BCUT2D eigenvalue weighted by atomic mass is 19.2. The fourth-order valence-electron chi connectivity index (χ4n) is 3.90. The van der Waals surface area contributed by atoms with Crippen LogP contribution in [-0.4, -0.2) is 27.6 Å². The van der Waals surface area contributed by atoms with E-state index in [2.05, 4.69) is 0 Å². The molecule has 0 unspecified atom stereocenters. The molecule has 3 nitrogen and oxygen atoms in total. The van der Waals surface area contributed by atoms with Gasteiger partial charge in [0.2, 0.25) is 5.82 Å². The van der Waals surface area contributed by atoms with Gasteiger partial charge in [-0.25, -0.2) is 13.2 Å². The zero-order chi connectivity index (χ0) is 24.2. The van der Waals surface area contributed by atoms with Gasteiger partial charge in [0.05, 0.1) is 19.7 Å². The lowest BCUT2D eigenvalue weighted by Crippen LogP contribution is -2.26. The molecule has 1 heterocycles. The third-order valence-electron chi connectivity index (χ3n) is 5.61. The van der Waals surface area contributed by atoms with Gasteiger partial charge in [0.15, 0.2) is 37.3 Å². The Morgan fingerprint density at radius 2 is 1.38 bits per heavy atom. The van der Waals surface area contributed by atoms with Crippen molar-refractivity contribution in [2.45, 2.75) is 13.2 Å². The molecule has 0 N–H and O–H groups in total. The summed E-state index contributed by atoms with van der Waals surface area (Å²) in [6, 6.07) is 11.7. The lowest BCUT2D eigenvalue weighted by atomic mass is 9.98. The molecule has 1 aliphatic rings. The monoisotopic (exact) mass is 470 g/mol. The predicted octanol–water partition coefficient (Wildman–Crippen LogP) is 5.78. The minimum atomic E-state index is -1.07. The zero-order valence-corrected chi connectivity index (χ0v) is 18.8. The van der Waals surface area contributed by atoms with Gasteiger partial charge in [-0.05, 0) is 30.2 Å². The third kappa shape index (κ3) is 4.74. The molecule has 4 rings (SSSR count). The minimum absolute atomic E-state index is 0.0104. The first-order valence-corrected chi connectivity index (χ1v) is 11.0. The smallest absolute Gasteiger partial charge is 0.201 e. The van der Waals surface area contributed by atoms with Crippen molar-refractivity contribution in [3.05, 3.63) is 89.5 Å². The summed E-state index contributed by atoms with van der Waals surface area (Å²) in [5.74, 6) is -4.29. The van der Waals surface area contributed by atoms with E-state index >= 15 is 0 Å². The van der Waals surface area contributed by atoms with Gasteiger partial charge in [-0.2, -0.15) is 4.39 Å². The third-order valence-corrected chi connectivity index (χ3v) is 5.61. The van der Waals surface area contributed by atoms with Gasteiger partial charge >= 0.3 is 0 Å². The molecule has 176 valence electrons. The molecule has 0 saturated carbocycles. The molecular weight excluding hydrogens is 447 g/mol. The van der Waals surface area contributed by atoms with E-state index in [9.17, 15) is 17.6 Å². The van der Waals surface area contributed by atoms with Crippen molar-refractivity contribution in [3.63, 3.8) is 0 Å². The van der Waals surface area contributed by atoms with Crippen LogP contribution in [-0.2, 0) is 9.47 Å². The molecule has 0 aliphatic carbocycles. The highest BCUT2D eigenvalue weighted by Crippen LogP contribution is 2.35. The Morgan fingerprint density at radius 3 is 1.94 bits per heavy atom. The largest absolute Gasteiger partial charge is 0.500 e. The van der Waals surface area contributed by atoms with E-state index in [1.165, 1.54) is 48.5 Å². The van der Waals surface area contributed by atoms with Gasteiger partial charge in [0.25, 0.3) is 0 Å². The molecule has 0 aromatic heterocycles. The first-order valence-electron chi connectivity index (χ1n) is 11.0. The van der Waals surface area contributed by atoms with Crippen LogP contribution in [0.1, 0.15) is 18.8 Å². The van der Waals surface area contributed by atoms with Crippen LogP contribution in [0.4, 0.5) is 17.6 Å². The van der Waals surface area contributed by atoms with E-state index in [-0.39, 0.29) is 34.9 Å². The molecule has 0 radical (unpaired) electrons. The van der Waals surface area contributed by atoms with Crippen LogP contribution in [0.3, 0.4) is 0 Å². The number of allylic oxidation sites excluding steroid dienone is 1. The summed E-state index contributed by atoms with van der Waals surface area (Å²) >= 11 is 0. The van der Waals surface area contributed by atoms with Crippen molar-refractivity contribution < 1.29 is 31.8 Å². The van der Waals surface area contributed by atoms with Crippen LogP contribution in [0, 0.1) is 29.2 Å². The van der Waals surface area contributed by atoms with E-state index in [1.807, 2.05) is 19.1 Å². The molecular formula is C26H23BF4O3. The SMILES string of the molecule is BCOc1ccc(-c2ccc(-c3ccc(C4OCC(/C=C/C)CO4)c(F)c3F)cc2)c(F)c1F. The molecule has 3 aromatic rings. The molecule has 1 aliphatic heterocycles. The van der Waals surface area contributed by atoms with Crippen LogP contribution >= 0.6 is 0 Å². The number of hydrogen-bond acceptors (Lipinski definition) is 3. The second kappa shape index (κ2) is 10.4. The average Bonchev–Trinajstić information content (AvgIpc) is 2.85. The maximum Gasteiger partial charge on any atom is 0.201 e. The van der Waals surface area contributed by atoms with E-state index < -0.39 is 29.6 Å². The van der Waals surface area contributed by atoms with Gasteiger partial charge < -0.3 is 14.2 Å². The molecule has 1 fully saturated rings. The standard InChI is InChI=1S/C26H23BF4O3/c1-2-3-15-12-32-26(33-13-15)20-9-8-18(22(28)24(20)30)16-4-6-17(7-5-16)19-10-11-21(34-14-27)25(31)23(19)29/h2-11,15,26H,12-14,27H2,1H3/b3-2+. The van der Waals surface area contributed by atoms with Gasteiger partial charge in [0, 0.05) is 22.6 Å². The molecule has 3 aromatic carbocycles. The summed E-state index contributed by atoms with van der Waals surface area (Å²) < 4.78 is 74.7. The maximum absolute atomic E-state index is 14.9. The van der Waals surface area contributed by atoms with Crippen molar-refractivity contribution >= 4 is 7.85 Å². The molecule has 34 heavy (non-hydrogen) atoms. The second-order valence-corrected chi connectivity index (χ2v) is 7.86. The van der Waals surface area contributed by atoms with Crippen molar-refractivity contribution in [3.8, 4) is 28.0 Å². The molecule has 8 heteroatoms. The van der Waals surface area contributed by atoms with Gasteiger partial charge in [-0.3, -0.25) is 0 Å². The Balaban J connectivity index is 1.57. The number of halogens is 4. The van der Waals surface area contributed by atoms with E-state index in [0.717, 1.165) is 0 Å². The minimum Gasteiger partial charge on any atom is -0.500 e. The summed E-state index contributed by atoms with van der Waals surface area (Å²) in [6.07, 6.45) is 2.84. The Bertz CT molecular complexity index is 1190. The first kappa shape index (κ1) is 24.0. The average molecular weight is 470 g/mol. The second-order valence-electron chi connectivity index (χ2n) is 7.86. The molecule has 0 bridgehead atoms. The Labute approximate surface area is 196 Å². The van der Waals surface area contributed by atoms with Crippen molar-refractivity contribution in [1.29, 1.82) is 0 Å². The van der Waals surface area contributed by atoms with Crippen molar-refractivity contribution in [2.75, 3.05) is 19.7 Å². The van der Waals surface area contributed by atoms with Crippen LogP contribution in [0.2, 0.25) is 0 Å². The number of hydrogen-bond donors (Lipinski definition) is 0. The van der Waals surface area contributed by atoms with Crippen molar-refractivity contribution in [2.24, 2.45) is 5.92 Å². The fourth-order valence-corrected chi connectivity index (χ4v) is 3.90. The van der Waals surface area contributed by atoms with E-state index in [0.29, 0.717) is 24.3 Å². The maximum atomic E-state index is 14.9. The van der Waals surface area contributed by atoms with Crippen LogP contribution in [0.25, 0.3) is 22.3 Å². The number of rotatable bonds is 6. The lowest BCUT2D eigenvalue weighted by molar-refractivity contribution is -0.199. The summed E-state index contributed by atoms with van der Waals surface area (Å²) in [4.78, 5) is 0. The van der Waals surface area contributed by atoms with Crippen LogP contribution in [0.5, 0.6) is 5.75 Å². The summed E-state index contributed by atoms with van der Waals surface area (Å²) in [5.41, 5.74) is 0.840. The summed E-state index contributed by atoms with van der Waals surface area (Å²) in [6.45, 7) is 2.80. The summed E-state index contributed by atoms with van der Waals surface area (Å²) in [5, 5.41) is 0. The Morgan fingerprint density at radius 1 is 0.824 bits per heavy atom. The molecule has 0 spiro atoms. The predicted molar refractivity (Wildman–Crippen MR) is 124 cm³/mol. The Kier molecular flexibility index (Phi) is 7.39. The number of ether oxygens (including phenoxy) is 3. The van der Waals surface area contributed by atoms with Gasteiger partial charge in [-0.1, -0.05) is 48.6 Å². The zero-order valence-electron chi connectivity index (χ0n) is 18.8. The van der Waals surface area contributed by atoms with Crippen LogP contribution < -0.4 is 4.74 Å². The summed E-state index contributed by atoms with van der Waals surface area (Å²) in [7, 11) is 1.67.